The molecule has 0 spiro atoms. The van der Waals surface area contributed by atoms with Crippen LogP contribution in [0.5, 0.6) is 0 Å². The third kappa shape index (κ3) is 1.67. The summed E-state index contributed by atoms with van der Waals surface area (Å²) in [5, 5.41) is 9.60. The molecule has 88 valence electrons. The molecular weight excluding hydrogens is 206 g/mol. The molecule has 1 atom stereocenters. The van der Waals surface area contributed by atoms with Gasteiger partial charge in [0.25, 0.3) is 11.8 Å². The van der Waals surface area contributed by atoms with Crippen molar-refractivity contribution < 1.29 is 14.8 Å². The number of amides is 2. The van der Waals surface area contributed by atoms with Crippen LogP contribution in [0.15, 0.2) is 11.1 Å². The van der Waals surface area contributed by atoms with Crippen LogP contribution in [0.25, 0.3) is 0 Å². The average molecular weight is 223 g/mol. The number of rotatable bonds is 0. The van der Waals surface area contributed by atoms with Crippen LogP contribution < -0.4 is 0 Å². The third-order valence-electron chi connectivity index (χ3n) is 3.37. The predicted octanol–water partition coefficient (Wildman–Crippen LogP) is 1.89. The van der Waals surface area contributed by atoms with Gasteiger partial charge in [0.05, 0.1) is 0 Å². The molecule has 0 aromatic carbocycles. The van der Waals surface area contributed by atoms with Gasteiger partial charge in [0.2, 0.25) is 0 Å². The van der Waals surface area contributed by atoms with E-state index in [0.717, 1.165) is 6.42 Å². The first-order chi connectivity index (χ1) is 7.32. The molecule has 2 aliphatic rings. The fourth-order valence-corrected chi connectivity index (χ4v) is 2.91. The molecule has 0 saturated heterocycles. The maximum absolute atomic E-state index is 11.7. The number of imide groups is 1. The van der Waals surface area contributed by atoms with Gasteiger partial charge in [-0.15, -0.1) is 5.06 Å². The lowest BCUT2D eigenvalue weighted by Crippen LogP contribution is -2.29. The van der Waals surface area contributed by atoms with Gasteiger partial charge < -0.3 is 0 Å². The molecule has 1 N–H and O–H groups in total. The van der Waals surface area contributed by atoms with Crippen LogP contribution in [0.2, 0.25) is 0 Å². The summed E-state index contributed by atoms with van der Waals surface area (Å²) in [5.41, 5.74) is 1.05. The Morgan fingerprint density at radius 2 is 1.81 bits per heavy atom. The molecular formula is C12H17NO3. The van der Waals surface area contributed by atoms with E-state index in [4.69, 9.17) is 0 Å². The van der Waals surface area contributed by atoms with Crippen LogP contribution >= 0.6 is 0 Å². The standard InChI is InChI=1S/C12H17NO3/c1-7-4-8-9(6-12(2,3)5-7)11(15)13(16)10(8)14/h7,16H,4-6H2,1-3H3. The fraction of sp³-hybridized carbons (Fsp3) is 0.667. The maximum atomic E-state index is 11.7. The summed E-state index contributed by atoms with van der Waals surface area (Å²) in [4.78, 5) is 23.4. The number of carbonyl (C=O) groups is 2. The van der Waals surface area contributed by atoms with E-state index in [1.807, 2.05) is 0 Å². The molecule has 2 amide bonds. The number of hydrogen-bond acceptors (Lipinski definition) is 3. The van der Waals surface area contributed by atoms with Gasteiger partial charge >= 0.3 is 0 Å². The van der Waals surface area contributed by atoms with Crippen LogP contribution in [0, 0.1) is 11.3 Å². The van der Waals surface area contributed by atoms with E-state index in [1.165, 1.54) is 0 Å². The molecule has 4 heteroatoms. The first-order valence-corrected chi connectivity index (χ1v) is 5.61. The molecule has 4 nitrogen and oxygen atoms in total. The minimum absolute atomic E-state index is 0.0115. The Bertz CT molecular complexity index is 395. The summed E-state index contributed by atoms with van der Waals surface area (Å²) >= 11 is 0. The van der Waals surface area contributed by atoms with E-state index in [0.29, 0.717) is 29.9 Å². The van der Waals surface area contributed by atoms with Crippen molar-refractivity contribution in [1.29, 1.82) is 0 Å². The smallest absolute Gasteiger partial charge is 0.278 e. The summed E-state index contributed by atoms with van der Waals surface area (Å²) < 4.78 is 0. The van der Waals surface area contributed by atoms with Crippen molar-refractivity contribution in [3.05, 3.63) is 11.1 Å². The minimum atomic E-state index is -0.526. The lowest BCUT2D eigenvalue weighted by molar-refractivity contribution is -0.170. The average Bonchev–Trinajstić information content (AvgIpc) is 2.35. The number of nitrogens with zero attached hydrogens (tertiary/aromatic N) is 1. The van der Waals surface area contributed by atoms with Crippen LogP contribution in [0.1, 0.15) is 40.0 Å². The molecule has 1 aliphatic heterocycles. The van der Waals surface area contributed by atoms with Crippen LogP contribution in [-0.4, -0.2) is 22.1 Å². The molecule has 0 aromatic rings. The van der Waals surface area contributed by atoms with Crippen molar-refractivity contribution in [2.24, 2.45) is 11.3 Å². The Hall–Kier alpha value is -1.16. The Morgan fingerprint density at radius 1 is 1.25 bits per heavy atom. The largest absolute Gasteiger partial charge is 0.281 e. The lowest BCUT2D eigenvalue weighted by Gasteiger charge is -2.26. The molecule has 1 aliphatic carbocycles. The Morgan fingerprint density at radius 3 is 2.44 bits per heavy atom. The topological polar surface area (TPSA) is 57.6 Å². The Kier molecular flexibility index (Phi) is 2.42. The lowest BCUT2D eigenvalue weighted by atomic mass is 9.80. The van der Waals surface area contributed by atoms with Crippen LogP contribution in [-0.2, 0) is 9.59 Å². The highest BCUT2D eigenvalue weighted by atomic mass is 16.5. The van der Waals surface area contributed by atoms with Crippen molar-refractivity contribution in [3.63, 3.8) is 0 Å². The fourth-order valence-electron chi connectivity index (χ4n) is 2.91. The number of hydroxylamine groups is 2. The van der Waals surface area contributed by atoms with Gasteiger partial charge in [-0.2, -0.15) is 0 Å². The van der Waals surface area contributed by atoms with E-state index < -0.39 is 11.8 Å². The molecule has 1 heterocycles. The zero-order valence-electron chi connectivity index (χ0n) is 9.91. The molecule has 0 saturated carbocycles. The molecule has 0 bridgehead atoms. The molecule has 0 radical (unpaired) electrons. The van der Waals surface area contributed by atoms with Crippen molar-refractivity contribution in [2.75, 3.05) is 0 Å². The summed E-state index contributed by atoms with van der Waals surface area (Å²) in [6.45, 7) is 6.27. The van der Waals surface area contributed by atoms with E-state index in [2.05, 4.69) is 20.8 Å². The van der Waals surface area contributed by atoms with Crippen LogP contribution in [0.4, 0.5) is 0 Å². The van der Waals surface area contributed by atoms with Crippen LogP contribution in [0.3, 0.4) is 0 Å². The van der Waals surface area contributed by atoms with Crippen molar-refractivity contribution in [2.45, 2.75) is 40.0 Å². The van der Waals surface area contributed by atoms with Gasteiger partial charge in [-0.25, -0.2) is 0 Å². The first kappa shape index (κ1) is 11.3. The Labute approximate surface area is 94.9 Å². The second-order valence-electron chi connectivity index (χ2n) is 5.73. The molecule has 0 fully saturated rings. The molecule has 0 aromatic heterocycles. The van der Waals surface area contributed by atoms with E-state index in [1.54, 1.807) is 0 Å². The molecule has 2 rings (SSSR count). The van der Waals surface area contributed by atoms with E-state index in [-0.39, 0.29) is 10.5 Å². The van der Waals surface area contributed by atoms with E-state index >= 15 is 0 Å². The molecule has 16 heavy (non-hydrogen) atoms. The maximum Gasteiger partial charge on any atom is 0.281 e. The predicted molar refractivity (Wildman–Crippen MR) is 57.5 cm³/mol. The van der Waals surface area contributed by atoms with Gasteiger partial charge in [0.1, 0.15) is 0 Å². The Balaban J connectivity index is 2.42. The second kappa shape index (κ2) is 3.42. The first-order valence-electron chi connectivity index (χ1n) is 5.61. The quantitative estimate of drug-likeness (QED) is 0.504. The van der Waals surface area contributed by atoms with Crippen molar-refractivity contribution >= 4 is 11.8 Å². The summed E-state index contributed by atoms with van der Waals surface area (Å²) in [7, 11) is 0. The zero-order chi connectivity index (χ0) is 12.1. The monoisotopic (exact) mass is 223 g/mol. The highest BCUT2D eigenvalue weighted by molar-refractivity contribution is 6.18. The highest BCUT2D eigenvalue weighted by Gasteiger charge is 2.42. The third-order valence-corrected chi connectivity index (χ3v) is 3.37. The minimum Gasteiger partial charge on any atom is -0.278 e. The summed E-state index contributed by atoms with van der Waals surface area (Å²) in [6.07, 6.45) is 2.17. The normalized spacial score (nSPS) is 29.5. The van der Waals surface area contributed by atoms with Crippen molar-refractivity contribution in [3.8, 4) is 0 Å². The number of carbonyl (C=O) groups excluding carboxylic acids is 2. The van der Waals surface area contributed by atoms with Gasteiger partial charge in [0, 0.05) is 11.1 Å². The van der Waals surface area contributed by atoms with Gasteiger partial charge in [-0.1, -0.05) is 20.8 Å². The number of hydrogen-bond donors (Lipinski definition) is 1. The van der Waals surface area contributed by atoms with E-state index in [9.17, 15) is 14.8 Å². The summed E-state index contributed by atoms with van der Waals surface area (Å²) in [5.74, 6) is -0.683. The van der Waals surface area contributed by atoms with Gasteiger partial charge in [-0.3, -0.25) is 14.8 Å². The summed E-state index contributed by atoms with van der Waals surface area (Å²) in [6, 6.07) is 0. The molecule has 1 unspecified atom stereocenters. The highest BCUT2D eigenvalue weighted by Crippen LogP contribution is 2.42. The van der Waals surface area contributed by atoms with Gasteiger partial charge in [-0.05, 0) is 30.6 Å². The van der Waals surface area contributed by atoms with Crippen molar-refractivity contribution in [1.82, 2.24) is 5.06 Å². The SMILES string of the molecule is CC1CC2=C(CC(C)(C)C1)C(=O)N(O)C2=O. The second-order valence-corrected chi connectivity index (χ2v) is 5.73. The zero-order valence-corrected chi connectivity index (χ0v) is 9.91. The van der Waals surface area contributed by atoms with Gasteiger partial charge in [0.15, 0.2) is 0 Å².